The SMILES string of the molecule is CC(C)c1ccc(S(=O)(=O)n2cc([S+]([O-])CCN(C)C)c3ccccc32)cc1. The molecule has 1 aromatic heterocycles. The fraction of sp³-hybridized carbons (Fsp3) is 0.333. The summed E-state index contributed by atoms with van der Waals surface area (Å²) in [6.45, 7) is 4.80. The fourth-order valence-corrected chi connectivity index (χ4v) is 5.84. The molecule has 0 saturated carbocycles. The van der Waals surface area contributed by atoms with Crippen molar-refractivity contribution >= 4 is 32.1 Å². The van der Waals surface area contributed by atoms with E-state index >= 15 is 0 Å². The van der Waals surface area contributed by atoms with Crippen LogP contribution in [-0.4, -0.2) is 48.2 Å². The van der Waals surface area contributed by atoms with Crippen LogP contribution in [0.4, 0.5) is 0 Å². The van der Waals surface area contributed by atoms with Crippen LogP contribution in [0.3, 0.4) is 0 Å². The molecule has 1 heterocycles. The third-order valence-corrected chi connectivity index (χ3v) is 7.77. The second kappa shape index (κ2) is 8.29. The number of nitrogens with zero attached hydrogens (tertiary/aromatic N) is 2. The van der Waals surface area contributed by atoms with Gasteiger partial charge in [-0.15, -0.1) is 0 Å². The van der Waals surface area contributed by atoms with Gasteiger partial charge in [-0.05, 0) is 61.0 Å². The summed E-state index contributed by atoms with van der Waals surface area (Å²) in [7, 11) is 0.0646. The number of hydrogen-bond donors (Lipinski definition) is 0. The summed E-state index contributed by atoms with van der Waals surface area (Å²) in [4.78, 5) is 2.74. The lowest BCUT2D eigenvalue weighted by molar-refractivity contribution is 0.432. The van der Waals surface area contributed by atoms with Gasteiger partial charge in [0, 0.05) is 6.54 Å². The van der Waals surface area contributed by atoms with Gasteiger partial charge in [-0.25, -0.2) is 12.4 Å². The second-order valence-electron chi connectivity index (χ2n) is 7.39. The highest BCUT2D eigenvalue weighted by Gasteiger charge is 2.26. The van der Waals surface area contributed by atoms with Crippen molar-refractivity contribution in [2.24, 2.45) is 0 Å². The smallest absolute Gasteiger partial charge is 0.268 e. The molecular formula is C21H26N2O3S2. The number of hydrogen-bond acceptors (Lipinski definition) is 4. The van der Waals surface area contributed by atoms with Crippen molar-refractivity contribution in [1.29, 1.82) is 0 Å². The van der Waals surface area contributed by atoms with Crippen LogP contribution in [0.2, 0.25) is 0 Å². The fourth-order valence-electron chi connectivity index (χ4n) is 3.01. The van der Waals surface area contributed by atoms with Crippen LogP contribution >= 0.6 is 0 Å². The summed E-state index contributed by atoms with van der Waals surface area (Å²) < 4.78 is 40.7. The third kappa shape index (κ3) is 4.12. The zero-order chi connectivity index (χ0) is 20.5. The molecule has 2 aromatic carbocycles. The molecule has 7 heteroatoms. The van der Waals surface area contributed by atoms with Gasteiger partial charge in [-0.3, -0.25) is 0 Å². The maximum atomic E-state index is 13.3. The van der Waals surface area contributed by atoms with E-state index in [1.165, 1.54) is 10.2 Å². The van der Waals surface area contributed by atoms with E-state index in [2.05, 4.69) is 13.8 Å². The van der Waals surface area contributed by atoms with Crippen LogP contribution in [-0.2, 0) is 21.2 Å². The number of benzene rings is 2. The maximum absolute atomic E-state index is 13.3. The maximum Gasteiger partial charge on any atom is 0.268 e. The van der Waals surface area contributed by atoms with Gasteiger partial charge in [0.05, 0.1) is 22.0 Å². The first-order valence-corrected chi connectivity index (χ1v) is 12.0. The standard InChI is InChI=1S/C21H26N2O3S2/c1-16(2)17-9-11-18(12-10-17)28(25,26)23-15-21(27(24)14-13-22(3)4)19-7-5-6-8-20(19)23/h5-12,15-16H,13-14H2,1-4H3. The number of fused-ring (bicyclic) bond motifs is 1. The molecule has 0 fully saturated rings. The molecule has 3 rings (SSSR count). The Morgan fingerprint density at radius 2 is 1.71 bits per heavy atom. The summed E-state index contributed by atoms with van der Waals surface area (Å²) in [5.74, 6) is 0.777. The Morgan fingerprint density at radius 1 is 1.07 bits per heavy atom. The summed E-state index contributed by atoms with van der Waals surface area (Å²) in [5.41, 5.74) is 1.63. The Hall–Kier alpha value is -1.80. The molecule has 0 radical (unpaired) electrons. The molecule has 0 saturated heterocycles. The van der Waals surface area contributed by atoms with Crippen molar-refractivity contribution in [3.8, 4) is 0 Å². The molecule has 0 N–H and O–H groups in total. The van der Waals surface area contributed by atoms with E-state index in [-0.39, 0.29) is 4.90 Å². The van der Waals surface area contributed by atoms with E-state index in [4.69, 9.17) is 0 Å². The normalized spacial score (nSPS) is 13.5. The average molecular weight is 419 g/mol. The van der Waals surface area contributed by atoms with E-state index in [0.29, 0.717) is 34.0 Å². The minimum atomic E-state index is -3.78. The zero-order valence-electron chi connectivity index (χ0n) is 16.6. The van der Waals surface area contributed by atoms with E-state index < -0.39 is 21.2 Å². The molecule has 0 bridgehead atoms. The van der Waals surface area contributed by atoms with Gasteiger partial charge in [-0.1, -0.05) is 38.1 Å². The topological polar surface area (TPSA) is 65.4 Å². The Bertz CT molecular complexity index is 1050. The van der Waals surface area contributed by atoms with Gasteiger partial charge in [-0.2, -0.15) is 0 Å². The number of rotatable bonds is 7. The Morgan fingerprint density at radius 3 is 2.32 bits per heavy atom. The molecule has 0 aliphatic rings. The van der Waals surface area contributed by atoms with Crippen LogP contribution in [0.1, 0.15) is 25.3 Å². The largest absolute Gasteiger partial charge is 0.611 e. The van der Waals surface area contributed by atoms with Crippen molar-refractivity contribution in [2.75, 3.05) is 26.4 Å². The summed E-state index contributed by atoms with van der Waals surface area (Å²) in [5, 5.41) is 0.710. The van der Waals surface area contributed by atoms with Crippen molar-refractivity contribution < 1.29 is 13.0 Å². The lowest BCUT2D eigenvalue weighted by Crippen LogP contribution is -2.22. The van der Waals surface area contributed by atoms with Crippen LogP contribution < -0.4 is 0 Å². The second-order valence-corrected chi connectivity index (χ2v) is 10.7. The molecule has 0 spiro atoms. The van der Waals surface area contributed by atoms with Gasteiger partial charge in [0.15, 0.2) is 4.90 Å². The quantitative estimate of drug-likeness (QED) is 0.549. The van der Waals surface area contributed by atoms with E-state index in [0.717, 1.165) is 5.56 Å². The monoisotopic (exact) mass is 418 g/mol. The lowest BCUT2D eigenvalue weighted by atomic mass is 10.0. The van der Waals surface area contributed by atoms with Crippen molar-refractivity contribution in [1.82, 2.24) is 8.87 Å². The minimum absolute atomic E-state index is 0.225. The molecule has 28 heavy (non-hydrogen) atoms. The van der Waals surface area contributed by atoms with Crippen molar-refractivity contribution in [3.63, 3.8) is 0 Å². The third-order valence-electron chi connectivity index (χ3n) is 4.71. The van der Waals surface area contributed by atoms with E-state index in [9.17, 15) is 13.0 Å². The molecule has 3 aromatic rings. The molecule has 0 amide bonds. The van der Waals surface area contributed by atoms with Crippen LogP contribution in [0.5, 0.6) is 0 Å². The van der Waals surface area contributed by atoms with Crippen LogP contribution in [0, 0.1) is 0 Å². The van der Waals surface area contributed by atoms with Crippen LogP contribution in [0.25, 0.3) is 10.9 Å². The van der Waals surface area contributed by atoms with Crippen molar-refractivity contribution in [2.45, 2.75) is 29.6 Å². The summed E-state index contributed by atoms with van der Waals surface area (Å²) in [6, 6.07) is 14.2. The summed E-state index contributed by atoms with van der Waals surface area (Å²) in [6.07, 6.45) is 1.52. The molecule has 150 valence electrons. The molecule has 1 unspecified atom stereocenters. The molecule has 1 atom stereocenters. The average Bonchev–Trinajstić information content (AvgIpc) is 3.06. The zero-order valence-corrected chi connectivity index (χ0v) is 18.3. The van der Waals surface area contributed by atoms with Gasteiger partial charge in [0.2, 0.25) is 0 Å². The summed E-state index contributed by atoms with van der Waals surface area (Å²) >= 11 is -1.29. The van der Waals surface area contributed by atoms with Gasteiger partial charge in [0.25, 0.3) is 10.0 Å². The van der Waals surface area contributed by atoms with E-state index in [1.54, 1.807) is 24.3 Å². The minimum Gasteiger partial charge on any atom is -0.611 e. The highest BCUT2D eigenvalue weighted by Crippen LogP contribution is 2.30. The molecule has 5 nitrogen and oxygen atoms in total. The first-order valence-electron chi connectivity index (χ1n) is 9.20. The van der Waals surface area contributed by atoms with Crippen LogP contribution in [0.15, 0.2) is 64.5 Å². The van der Waals surface area contributed by atoms with E-state index in [1.807, 2.05) is 43.3 Å². The van der Waals surface area contributed by atoms with Gasteiger partial charge >= 0.3 is 0 Å². The number of aromatic nitrogens is 1. The highest BCUT2D eigenvalue weighted by atomic mass is 32.2. The Balaban J connectivity index is 2.07. The first-order chi connectivity index (χ1) is 13.2. The van der Waals surface area contributed by atoms with Crippen molar-refractivity contribution in [3.05, 3.63) is 60.3 Å². The lowest BCUT2D eigenvalue weighted by Gasteiger charge is -2.13. The molecule has 0 aliphatic heterocycles. The molecular weight excluding hydrogens is 392 g/mol. The number of para-hydroxylation sites is 1. The molecule has 0 aliphatic carbocycles. The first kappa shape index (κ1) is 20.9. The Kier molecular flexibility index (Phi) is 6.19. The van der Waals surface area contributed by atoms with Gasteiger partial charge in [0.1, 0.15) is 5.75 Å². The highest BCUT2D eigenvalue weighted by molar-refractivity contribution is 7.92. The Labute approximate surface area is 170 Å². The predicted molar refractivity (Wildman–Crippen MR) is 115 cm³/mol. The van der Waals surface area contributed by atoms with Gasteiger partial charge < -0.3 is 9.45 Å². The predicted octanol–water partition coefficient (Wildman–Crippen LogP) is 3.67.